The Morgan fingerprint density at radius 1 is 1.12 bits per heavy atom. The van der Waals surface area contributed by atoms with Gasteiger partial charge >= 0.3 is 6.09 Å². The van der Waals surface area contributed by atoms with Gasteiger partial charge in [-0.2, -0.15) is 0 Å². The number of anilines is 1. The Bertz CT molecular complexity index is 734. The maximum absolute atomic E-state index is 12.5. The Morgan fingerprint density at radius 3 is 2.56 bits per heavy atom. The number of halogens is 1. The molecule has 5 nitrogen and oxygen atoms in total. The van der Waals surface area contributed by atoms with Crippen molar-refractivity contribution in [2.24, 2.45) is 0 Å². The smallest absolute Gasteiger partial charge is 0.410 e. The van der Waals surface area contributed by atoms with Crippen LogP contribution in [0.4, 0.5) is 10.5 Å². The van der Waals surface area contributed by atoms with Gasteiger partial charge in [0.2, 0.25) is 5.91 Å². The molecule has 1 aliphatic rings. The lowest BCUT2D eigenvalue weighted by molar-refractivity contribution is -0.120. The first kappa shape index (κ1) is 17.3. The van der Waals surface area contributed by atoms with E-state index in [1.807, 2.05) is 30.3 Å². The number of hydrogen-bond acceptors (Lipinski definition) is 3. The van der Waals surface area contributed by atoms with E-state index in [0.29, 0.717) is 23.7 Å². The fourth-order valence-electron chi connectivity index (χ4n) is 2.82. The van der Waals surface area contributed by atoms with Gasteiger partial charge in [0, 0.05) is 17.3 Å². The normalized spacial score (nSPS) is 16.5. The maximum atomic E-state index is 12.5. The zero-order valence-corrected chi connectivity index (χ0v) is 14.4. The molecule has 130 valence electrons. The number of benzene rings is 2. The van der Waals surface area contributed by atoms with E-state index in [0.717, 1.165) is 12.0 Å². The molecule has 1 aliphatic heterocycles. The molecular weight excluding hydrogens is 340 g/mol. The highest BCUT2D eigenvalue weighted by Crippen LogP contribution is 2.21. The number of hydrogen-bond donors (Lipinski definition) is 1. The van der Waals surface area contributed by atoms with Crippen LogP contribution in [0.25, 0.3) is 0 Å². The number of ether oxygens (including phenoxy) is 1. The third-order valence-electron chi connectivity index (χ3n) is 4.11. The summed E-state index contributed by atoms with van der Waals surface area (Å²) in [7, 11) is 0. The Labute approximate surface area is 151 Å². The molecule has 0 aliphatic carbocycles. The molecule has 2 amide bonds. The Hall–Kier alpha value is -2.53. The zero-order valence-electron chi connectivity index (χ0n) is 13.7. The first-order chi connectivity index (χ1) is 12.1. The highest BCUT2D eigenvalue weighted by Gasteiger charge is 2.35. The number of nitrogens with one attached hydrogen (secondary N) is 1. The molecule has 2 aromatic rings. The van der Waals surface area contributed by atoms with Crippen molar-refractivity contribution in [2.45, 2.75) is 25.5 Å². The van der Waals surface area contributed by atoms with E-state index in [-0.39, 0.29) is 12.5 Å². The topological polar surface area (TPSA) is 58.6 Å². The Kier molecular flexibility index (Phi) is 5.56. The molecule has 0 saturated carbocycles. The number of rotatable bonds is 4. The van der Waals surface area contributed by atoms with E-state index < -0.39 is 12.1 Å². The van der Waals surface area contributed by atoms with Crippen LogP contribution in [-0.4, -0.2) is 29.5 Å². The molecule has 0 radical (unpaired) electrons. The lowest BCUT2D eigenvalue weighted by Crippen LogP contribution is -2.43. The lowest BCUT2D eigenvalue weighted by atomic mass is 10.2. The minimum atomic E-state index is -0.515. The standard InChI is InChI=1S/C19H19ClN2O3/c20-15-8-10-16(11-9-15)21-18(23)17-7-4-12-22(17)19(24)25-13-14-5-2-1-3-6-14/h1-3,5-6,8-11,17H,4,7,12-13H2,(H,21,23). The van der Waals surface area contributed by atoms with Gasteiger partial charge in [0.1, 0.15) is 12.6 Å². The Morgan fingerprint density at radius 2 is 1.84 bits per heavy atom. The molecular formula is C19H19ClN2O3. The van der Waals surface area contributed by atoms with Crippen LogP contribution in [0, 0.1) is 0 Å². The van der Waals surface area contributed by atoms with E-state index in [1.54, 1.807) is 24.3 Å². The highest BCUT2D eigenvalue weighted by atomic mass is 35.5. The summed E-state index contributed by atoms with van der Waals surface area (Å²) in [6.07, 6.45) is 0.941. The summed E-state index contributed by atoms with van der Waals surface area (Å²) in [5, 5.41) is 3.42. The molecule has 1 fully saturated rings. The van der Waals surface area contributed by atoms with Gasteiger partial charge in [-0.05, 0) is 42.7 Å². The van der Waals surface area contributed by atoms with Crippen molar-refractivity contribution in [3.8, 4) is 0 Å². The van der Waals surface area contributed by atoms with Gasteiger partial charge in [-0.3, -0.25) is 9.69 Å². The molecule has 1 saturated heterocycles. The highest BCUT2D eigenvalue weighted by molar-refractivity contribution is 6.30. The van der Waals surface area contributed by atoms with Gasteiger partial charge in [-0.25, -0.2) is 4.79 Å². The first-order valence-electron chi connectivity index (χ1n) is 8.17. The molecule has 1 heterocycles. The van der Waals surface area contributed by atoms with E-state index in [2.05, 4.69) is 5.32 Å². The summed E-state index contributed by atoms with van der Waals surface area (Å²) < 4.78 is 5.35. The van der Waals surface area contributed by atoms with Crippen LogP contribution in [0.1, 0.15) is 18.4 Å². The van der Waals surface area contributed by atoms with Crippen LogP contribution < -0.4 is 5.32 Å². The minimum Gasteiger partial charge on any atom is -0.445 e. The average molecular weight is 359 g/mol. The van der Waals surface area contributed by atoms with Crippen molar-refractivity contribution >= 4 is 29.3 Å². The summed E-state index contributed by atoms with van der Waals surface area (Å²) >= 11 is 5.84. The van der Waals surface area contributed by atoms with Crippen LogP contribution in [0.3, 0.4) is 0 Å². The van der Waals surface area contributed by atoms with Crippen LogP contribution in [0.15, 0.2) is 54.6 Å². The molecule has 2 aromatic carbocycles. The van der Waals surface area contributed by atoms with Gasteiger partial charge in [-0.1, -0.05) is 41.9 Å². The van der Waals surface area contributed by atoms with Gasteiger partial charge in [0.15, 0.2) is 0 Å². The van der Waals surface area contributed by atoms with Crippen LogP contribution >= 0.6 is 11.6 Å². The number of nitrogens with zero attached hydrogens (tertiary/aromatic N) is 1. The van der Waals surface area contributed by atoms with Gasteiger partial charge in [0.25, 0.3) is 0 Å². The number of amides is 2. The first-order valence-corrected chi connectivity index (χ1v) is 8.55. The molecule has 1 atom stereocenters. The predicted octanol–water partition coefficient (Wildman–Crippen LogP) is 4.08. The number of likely N-dealkylation sites (tertiary alicyclic amines) is 1. The van der Waals surface area contributed by atoms with E-state index in [1.165, 1.54) is 4.90 Å². The van der Waals surface area contributed by atoms with E-state index >= 15 is 0 Å². The quantitative estimate of drug-likeness (QED) is 0.895. The van der Waals surface area contributed by atoms with E-state index in [4.69, 9.17) is 16.3 Å². The maximum Gasteiger partial charge on any atom is 0.410 e. The second-order valence-corrected chi connectivity index (χ2v) is 6.32. The third-order valence-corrected chi connectivity index (χ3v) is 4.36. The summed E-state index contributed by atoms with van der Waals surface area (Å²) in [6, 6.07) is 15.8. The molecule has 6 heteroatoms. The molecule has 0 spiro atoms. The second-order valence-electron chi connectivity index (χ2n) is 5.89. The summed E-state index contributed by atoms with van der Waals surface area (Å²) in [6.45, 7) is 0.716. The van der Waals surface area contributed by atoms with E-state index in [9.17, 15) is 9.59 Å². The van der Waals surface area contributed by atoms with Crippen molar-refractivity contribution < 1.29 is 14.3 Å². The van der Waals surface area contributed by atoms with Crippen molar-refractivity contribution in [1.82, 2.24) is 4.90 Å². The van der Waals surface area contributed by atoms with Crippen molar-refractivity contribution in [3.63, 3.8) is 0 Å². The SMILES string of the molecule is O=C(Nc1ccc(Cl)cc1)C1CCCN1C(=O)OCc1ccccc1. The largest absolute Gasteiger partial charge is 0.445 e. The van der Waals surface area contributed by atoms with Crippen LogP contribution in [0.2, 0.25) is 5.02 Å². The molecule has 1 unspecified atom stereocenters. The molecule has 0 aromatic heterocycles. The zero-order chi connectivity index (χ0) is 17.6. The monoisotopic (exact) mass is 358 g/mol. The molecule has 25 heavy (non-hydrogen) atoms. The summed E-state index contributed by atoms with van der Waals surface area (Å²) in [4.78, 5) is 26.3. The molecule has 1 N–H and O–H groups in total. The molecule has 0 bridgehead atoms. The summed E-state index contributed by atoms with van der Waals surface area (Å²) in [5.74, 6) is -0.212. The van der Waals surface area contributed by atoms with Crippen molar-refractivity contribution in [2.75, 3.05) is 11.9 Å². The number of carbonyl (C=O) groups excluding carboxylic acids is 2. The van der Waals surface area contributed by atoms with Gasteiger partial charge < -0.3 is 10.1 Å². The summed E-state index contributed by atoms with van der Waals surface area (Å²) in [5.41, 5.74) is 1.57. The lowest BCUT2D eigenvalue weighted by Gasteiger charge is -2.23. The van der Waals surface area contributed by atoms with Gasteiger partial charge in [-0.15, -0.1) is 0 Å². The van der Waals surface area contributed by atoms with Gasteiger partial charge in [0.05, 0.1) is 0 Å². The number of carbonyl (C=O) groups is 2. The molecule has 3 rings (SSSR count). The van der Waals surface area contributed by atoms with Crippen molar-refractivity contribution in [3.05, 3.63) is 65.2 Å². The fourth-order valence-corrected chi connectivity index (χ4v) is 2.94. The second kappa shape index (κ2) is 8.03. The third kappa shape index (κ3) is 4.51. The van der Waals surface area contributed by atoms with Crippen LogP contribution in [-0.2, 0) is 16.1 Å². The average Bonchev–Trinajstić information content (AvgIpc) is 3.12. The Balaban J connectivity index is 1.58. The van der Waals surface area contributed by atoms with Crippen LogP contribution in [0.5, 0.6) is 0 Å². The fraction of sp³-hybridized carbons (Fsp3) is 0.263. The van der Waals surface area contributed by atoms with Crippen molar-refractivity contribution in [1.29, 1.82) is 0 Å². The predicted molar refractivity (Wildman–Crippen MR) is 96.4 cm³/mol. The minimum absolute atomic E-state index is 0.196.